The van der Waals surface area contributed by atoms with Crippen LogP contribution >= 0.6 is 15.9 Å². The van der Waals surface area contributed by atoms with E-state index in [9.17, 15) is 5.11 Å². The predicted octanol–water partition coefficient (Wildman–Crippen LogP) is 2.13. The lowest BCUT2D eigenvalue weighted by atomic mass is 10.2. The van der Waals surface area contributed by atoms with Crippen LogP contribution in [0.3, 0.4) is 0 Å². The maximum Gasteiger partial charge on any atom is 0.255 e. The maximum absolute atomic E-state index is 9.63. The molecule has 0 bridgehead atoms. The summed E-state index contributed by atoms with van der Waals surface area (Å²) in [6.45, 7) is 0. The Labute approximate surface area is 84.6 Å². The summed E-state index contributed by atoms with van der Waals surface area (Å²) in [4.78, 5) is 0. The molecule has 1 heterocycles. The quantitative estimate of drug-likeness (QED) is 0.699. The Bertz CT molecular complexity index is 459. The molecule has 13 heavy (non-hydrogen) atoms. The van der Waals surface area contributed by atoms with Gasteiger partial charge in [0.1, 0.15) is 7.05 Å². The lowest BCUT2D eigenvalue weighted by Gasteiger charge is -2.00. The topological polar surface area (TPSA) is 24.1 Å². The Morgan fingerprint density at radius 3 is 2.77 bits per heavy atom. The number of hydrogen-bond donors (Lipinski definition) is 1. The highest BCUT2D eigenvalue weighted by molar-refractivity contribution is 9.10. The van der Waals surface area contributed by atoms with Crippen molar-refractivity contribution >= 4 is 26.8 Å². The van der Waals surface area contributed by atoms with Crippen molar-refractivity contribution in [2.75, 3.05) is 0 Å². The SMILES string of the molecule is C[n+]1cccc2c(Br)ccc(O)c21. The minimum Gasteiger partial charge on any atom is -0.502 e. The number of rotatable bonds is 0. The molecule has 0 spiro atoms. The summed E-state index contributed by atoms with van der Waals surface area (Å²) < 4.78 is 2.90. The number of benzene rings is 1. The average Bonchev–Trinajstić information content (AvgIpc) is 2.12. The van der Waals surface area contributed by atoms with Crippen molar-refractivity contribution in [3.05, 3.63) is 34.9 Å². The molecule has 0 atom stereocenters. The molecule has 0 aliphatic rings. The van der Waals surface area contributed by atoms with Crippen LogP contribution in [0.25, 0.3) is 10.9 Å². The standard InChI is InChI=1S/C10H8BrNO/c1-12-6-2-3-7-8(11)4-5-9(13)10(7)12/h2-6H,1H3/p+1. The van der Waals surface area contributed by atoms with E-state index in [0.29, 0.717) is 5.75 Å². The zero-order valence-corrected chi connectivity index (χ0v) is 8.75. The Morgan fingerprint density at radius 1 is 1.31 bits per heavy atom. The van der Waals surface area contributed by atoms with Crippen molar-refractivity contribution in [3.8, 4) is 5.75 Å². The number of halogens is 1. The Kier molecular flexibility index (Phi) is 1.96. The fourth-order valence-corrected chi connectivity index (χ4v) is 1.90. The minimum atomic E-state index is 0.307. The van der Waals surface area contributed by atoms with Gasteiger partial charge >= 0.3 is 0 Å². The molecular weight excluding hydrogens is 230 g/mol. The summed E-state index contributed by atoms with van der Waals surface area (Å²) in [5, 5.41) is 10.7. The summed E-state index contributed by atoms with van der Waals surface area (Å²) in [5.41, 5.74) is 0.844. The average molecular weight is 239 g/mol. The number of pyridine rings is 1. The molecule has 66 valence electrons. The van der Waals surface area contributed by atoms with Gasteiger partial charge in [-0.15, -0.1) is 0 Å². The second kappa shape index (κ2) is 3.00. The second-order valence-electron chi connectivity index (χ2n) is 2.95. The van der Waals surface area contributed by atoms with Crippen molar-refractivity contribution < 1.29 is 9.67 Å². The molecule has 0 unspecified atom stereocenters. The largest absolute Gasteiger partial charge is 0.502 e. The zero-order chi connectivity index (χ0) is 9.42. The number of aromatic hydroxyl groups is 1. The molecule has 1 aromatic heterocycles. The lowest BCUT2D eigenvalue weighted by Crippen LogP contribution is -2.27. The normalized spacial score (nSPS) is 10.6. The van der Waals surface area contributed by atoms with Crippen molar-refractivity contribution in [1.82, 2.24) is 0 Å². The molecule has 0 saturated carbocycles. The third-order valence-corrected chi connectivity index (χ3v) is 2.76. The molecule has 0 fully saturated rings. The third-order valence-electron chi connectivity index (χ3n) is 2.07. The molecule has 0 saturated heterocycles. The van der Waals surface area contributed by atoms with Crippen LogP contribution in [0.2, 0.25) is 0 Å². The molecule has 2 aromatic rings. The molecule has 2 nitrogen and oxygen atoms in total. The molecular formula is C10H9BrNO+. The first-order valence-corrected chi connectivity index (χ1v) is 4.75. The molecule has 0 radical (unpaired) electrons. The molecule has 0 aliphatic carbocycles. The second-order valence-corrected chi connectivity index (χ2v) is 3.80. The first-order chi connectivity index (χ1) is 6.20. The van der Waals surface area contributed by atoms with Gasteiger partial charge in [-0.3, -0.25) is 0 Å². The van der Waals surface area contributed by atoms with Gasteiger partial charge in [-0.1, -0.05) is 0 Å². The zero-order valence-electron chi connectivity index (χ0n) is 7.16. The van der Waals surface area contributed by atoms with Gasteiger partial charge in [0.2, 0.25) is 0 Å². The van der Waals surface area contributed by atoms with E-state index in [1.54, 1.807) is 6.07 Å². The molecule has 1 aromatic carbocycles. The van der Waals surface area contributed by atoms with Gasteiger partial charge in [0.15, 0.2) is 11.9 Å². The third kappa shape index (κ3) is 1.29. The first-order valence-electron chi connectivity index (χ1n) is 3.96. The first kappa shape index (κ1) is 8.51. The van der Waals surface area contributed by atoms with Crippen LogP contribution < -0.4 is 4.57 Å². The fourth-order valence-electron chi connectivity index (χ4n) is 1.44. The van der Waals surface area contributed by atoms with Crippen molar-refractivity contribution in [1.29, 1.82) is 0 Å². The summed E-state index contributed by atoms with van der Waals surface area (Å²) in [6.07, 6.45) is 1.91. The smallest absolute Gasteiger partial charge is 0.255 e. The van der Waals surface area contributed by atoms with Crippen LogP contribution in [-0.4, -0.2) is 5.11 Å². The van der Waals surface area contributed by atoms with Crippen molar-refractivity contribution in [2.24, 2.45) is 7.05 Å². The fraction of sp³-hybridized carbons (Fsp3) is 0.100. The van der Waals surface area contributed by atoms with Crippen LogP contribution in [0.4, 0.5) is 0 Å². The highest BCUT2D eigenvalue weighted by atomic mass is 79.9. The molecule has 1 N–H and O–H groups in total. The maximum atomic E-state index is 9.63. The van der Waals surface area contributed by atoms with Gasteiger partial charge in [0.05, 0.1) is 5.39 Å². The number of aryl methyl sites for hydroxylation is 1. The predicted molar refractivity (Wildman–Crippen MR) is 54.5 cm³/mol. The number of aromatic nitrogens is 1. The molecule has 0 aliphatic heterocycles. The lowest BCUT2D eigenvalue weighted by molar-refractivity contribution is -0.645. The minimum absolute atomic E-state index is 0.307. The van der Waals surface area contributed by atoms with Crippen LogP contribution in [0.1, 0.15) is 0 Å². The number of phenols is 1. The van der Waals surface area contributed by atoms with E-state index in [4.69, 9.17) is 0 Å². The van der Waals surface area contributed by atoms with E-state index in [1.807, 2.05) is 36.0 Å². The van der Waals surface area contributed by atoms with Gasteiger partial charge < -0.3 is 5.11 Å². The van der Waals surface area contributed by atoms with Gasteiger partial charge in [-0.05, 0) is 34.1 Å². The highest BCUT2D eigenvalue weighted by Gasteiger charge is 2.11. The van der Waals surface area contributed by atoms with Gasteiger partial charge in [0.25, 0.3) is 5.52 Å². The molecule has 3 heteroatoms. The van der Waals surface area contributed by atoms with E-state index in [0.717, 1.165) is 15.4 Å². The van der Waals surface area contributed by atoms with Crippen LogP contribution in [0.5, 0.6) is 5.75 Å². The van der Waals surface area contributed by atoms with Gasteiger partial charge in [-0.2, -0.15) is 4.57 Å². The highest BCUT2D eigenvalue weighted by Crippen LogP contribution is 2.27. The van der Waals surface area contributed by atoms with Gasteiger partial charge in [-0.25, -0.2) is 0 Å². The Hall–Kier alpha value is -1.09. The summed E-state index contributed by atoms with van der Waals surface area (Å²) in [7, 11) is 1.91. The number of phenolic OH excluding ortho intramolecular Hbond substituents is 1. The van der Waals surface area contributed by atoms with E-state index in [1.165, 1.54) is 0 Å². The summed E-state index contributed by atoms with van der Waals surface area (Å²) in [6, 6.07) is 7.45. The molecule has 2 rings (SSSR count). The number of fused-ring (bicyclic) bond motifs is 1. The van der Waals surface area contributed by atoms with Crippen molar-refractivity contribution in [2.45, 2.75) is 0 Å². The van der Waals surface area contributed by atoms with E-state index in [2.05, 4.69) is 15.9 Å². The monoisotopic (exact) mass is 238 g/mol. The number of nitrogens with zero attached hydrogens (tertiary/aromatic N) is 1. The Balaban J connectivity index is 3.00. The van der Waals surface area contributed by atoms with E-state index >= 15 is 0 Å². The number of hydrogen-bond acceptors (Lipinski definition) is 1. The summed E-state index contributed by atoms with van der Waals surface area (Å²) in [5.74, 6) is 0.307. The molecule has 0 amide bonds. The van der Waals surface area contributed by atoms with Crippen molar-refractivity contribution in [3.63, 3.8) is 0 Å². The van der Waals surface area contributed by atoms with Crippen LogP contribution in [0.15, 0.2) is 34.9 Å². The van der Waals surface area contributed by atoms with Crippen LogP contribution in [0, 0.1) is 0 Å². The Morgan fingerprint density at radius 2 is 2.08 bits per heavy atom. The van der Waals surface area contributed by atoms with E-state index < -0.39 is 0 Å². The van der Waals surface area contributed by atoms with E-state index in [-0.39, 0.29) is 0 Å². The van der Waals surface area contributed by atoms with Crippen LogP contribution in [-0.2, 0) is 7.05 Å². The summed E-state index contributed by atoms with van der Waals surface area (Å²) >= 11 is 3.44. The van der Waals surface area contributed by atoms with Gasteiger partial charge in [0, 0.05) is 10.5 Å².